The van der Waals surface area contributed by atoms with Crippen LogP contribution in [0.5, 0.6) is 0 Å². The van der Waals surface area contributed by atoms with Gasteiger partial charge in [0.05, 0.1) is 0 Å². The highest BCUT2D eigenvalue weighted by Crippen LogP contribution is 2.33. The number of amides is 1. The second kappa shape index (κ2) is 7.59. The third-order valence-electron chi connectivity index (χ3n) is 6.88. The highest BCUT2D eigenvalue weighted by atomic mass is 32.2. The smallest absolute Gasteiger partial charge is 0.285 e. The molecule has 7 nitrogen and oxygen atoms in total. The van der Waals surface area contributed by atoms with E-state index in [0.29, 0.717) is 37.5 Å². The third-order valence-corrected chi connectivity index (χ3v) is 8.20. The van der Waals surface area contributed by atoms with E-state index in [1.165, 1.54) is 16.5 Å². The Balaban J connectivity index is 1.23. The van der Waals surface area contributed by atoms with Gasteiger partial charge in [-0.05, 0) is 43.0 Å². The van der Waals surface area contributed by atoms with Gasteiger partial charge in [-0.25, -0.2) is 0 Å². The summed E-state index contributed by atoms with van der Waals surface area (Å²) in [6.07, 6.45) is 6.52. The minimum Gasteiger partial charge on any atom is -0.361 e. The number of carbonyl (C=O) groups excluding carboxylic acids is 1. The molecule has 0 spiro atoms. The predicted octanol–water partition coefficient (Wildman–Crippen LogP) is 3.40. The molecule has 8 heteroatoms. The number of aromatic amines is 1. The highest BCUT2D eigenvalue weighted by Gasteiger charge is 2.40. The maximum absolute atomic E-state index is 13.5. The van der Waals surface area contributed by atoms with Crippen molar-refractivity contribution in [2.24, 2.45) is 4.40 Å². The van der Waals surface area contributed by atoms with Gasteiger partial charge in [-0.15, -0.1) is 4.40 Å². The normalized spacial score (nSPS) is 21.8. The number of nitrogens with zero attached hydrogens (tertiary/aromatic N) is 3. The van der Waals surface area contributed by atoms with Gasteiger partial charge < -0.3 is 14.8 Å². The Morgan fingerprint density at radius 3 is 2.70 bits per heavy atom. The number of amidine groups is 1. The fraction of sp³-hybridized carbons (Fsp3) is 0.280. The first kappa shape index (κ1) is 20.2. The lowest BCUT2D eigenvalue weighted by molar-refractivity contribution is -0.134. The maximum atomic E-state index is 13.5. The van der Waals surface area contributed by atoms with Crippen LogP contribution in [-0.4, -0.2) is 60.6 Å². The number of likely N-dealkylation sites (tertiary alicyclic amines) is 1. The third kappa shape index (κ3) is 3.28. The molecule has 2 aromatic carbocycles. The molecule has 168 valence electrons. The van der Waals surface area contributed by atoms with E-state index in [2.05, 4.69) is 27.6 Å². The molecule has 3 aliphatic heterocycles. The van der Waals surface area contributed by atoms with Crippen molar-refractivity contribution in [3.05, 3.63) is 71.9 Å². The molecule has 1 N–H and O–H groups in total. The first-order chi connectivity index (χ1) is 16.0. The Kier molecular flexibility index (Phi) is 4.65. The average molecular weight is 461 g/mol. The molecule has 0 radical (unpaired) electrons. The monoisotopic (exact) mass is 460 g/mol. The summed E-state index contributed by atoms with van der Waals surface area (Å²) in [6, 6.07) is 14.7. The largest absolute Gasteiger partial charge is 0.361 e. The Morgan fingerprint density at radius 2 is 1.85 bits per heavy atom. The lowest BCUT2D eigenvalue weighted by Gasteiger charge is -2.33. The fourth-order valence-corrected chi connectivity index (χ4v) is 6.45. The molecule has 6 rings (SSSR count). The quantitative estimate of drug-likeness (QED) is 0.635. The van der Waals surface area contributed by atoms with E-state index in [1.807, 2.05) is 34.2 Å². The molecule has 1 unspecified atom stereocenters. The number of nitrogens with one attached hydrogen (secondary N) is 1. The van der Waals surface area contributed by atoms with Crippen LogP contribution in [0.15, 0.2) is 70.1 Å². The number of para-hydroxylation sites is 1. The zero-order valence-electron chi connectivity index (χ0n) is 18.1. The molecule has 0 aliphatic carbocycles. The molecule has 1 saturated heterocycles. The molecule has 1 atom stereocenters. The lowest BCUT2D eigenvalue weighted by atomic mass is 9.98. The summed E-state index contributed by atoms with van der Waals surface area (Å²) < 4.78 is 29.1. The SMILES string of the molecule is O=C(C1CCCN1C1=NS(=O)(=O)c2ccccc21)N1CC=C(c2c[nH]c3ccccc23)CC1. The first-order valence-corrected chi connectivity index (χ1v) is 12.7. The summed E-state index contributed by atoms with van der Waals surface area (Å²) >= 11 is 0. The van der Waals surface area contributed by atoms with E-state index < -0.39 is 10.0 Å². The molecule has 3 aliphatic rings. The summed E-state index contributed by atoms with van der Waals surface area (Å²) in [4.78, 5) is 20.8. The van der Waals surface area contributed by atoms with Crippen molar-refractivity contribution in [1.29, 1.82) is 0 Å². The van der Waals surface area contributed by atoms with Gasteiger partial charge in [0.25, 0.3) is 10.0 Å². The second-order valence-electron chi connectivity index (χ2n) is 8.75. The van der Waals surface area contributed by atoms with Crippen LogP contribution in [-0.2, 0) is 14.8 Å². The molecule has 3 aromatic rings. The summed E-state index contributed by atoms with van der Waals surface area (Å²) in [5.74, 6) is 0.458. The van der Waals surface area contributed by atoms with Crippen LogP contribution in [0.3, 0.4) is 0 Å². The number of hydrogen-bond acceptors (Lipinski definition) is 4. The second-order valence-corrected chi connectivity index (χ2v) is 10.3. The van der Waals surface area contributed by atoms with Crippen molar-refractivity contribution >= 4 is 38.2 Å². The van der Waals surface area contributed by atoms with Crippen LogP contribution in [0.4, 0.5) is 0 Å². The first-order valence-electron chi connectivity index (χ1n) is 11.3. The zero-order valence-corrected chi connectivity index (χ0v) is 18.9. The standard InChI is InChI=1S/C25H24N4O3S/c30-25(28-14-11-17(12-15-28)20-16-26-21-8-3-1-6-18(20)21)22-9-5-13-29(22)24-19-7-2-4-10-23(19)33(31,32)27-24/h1-4,6-8,10-11,16,22,26H,5,9,12-15H2. The fourth-order valence-electron chi connectivity index (χ4n) is 5.23. The van der Waals surface area contributed by atoms with Gasteiger partial charge in [0, 0.05) is 47.9 Å². The van der Waals surface area contributed by atoms with Crippen LogP contribution in [0, 0.1) is 0 Å². The number of sulfonamides is 1. The number of H-pyrrole nitrogens is 1. The predicted molar refractivity (Wildman–Crippen MR) is 127 cm³/mol. The van der Waals surface area contributed by atoms with E-state index in [9.17, 15) is 13.2 Å². The van der Waals surface area contributed by atoms with Crippen LogP contribution in [0.2, 0.25) is 0 Å². The molecular formula is C25H24N4O3S. The van der Waals surface area contributed by atoms with Gasteiger partial charge in [-0.2, -0.15) is 8.42 Å². The van der Waals surface area contributed by atoms with Crippen molar-refractivity contribution < 1.29 is 13.2 Å². The topological polar surface area (TPSA) is 85.8 Å². The minimum atomic E-state index is -3.71. The van der Waals surface area contributed by atoms with Gasteiger partial charge in [-0.3, -0.25) is 4.79 Å². The van der Waals surface area contributed by atoms with Gasteiger partial charge in [0.2, 0.25) is 5.91 Å². The summed E-state index contributed by atoms with van der Waals surface area (Å²) in [7, 11) is -3.71. The lowest BCUT2D eigenvalue weighted by Crippen LogP contribution is -2.48. The van der Waals surface area contributed by atoms with E-state index >= 15 is 0 Å². The van der Waals surface area contributed by atoms with Crippen LogP contribution in [0.25, 0.3) is 16.5 Å². The highest BCUT2D eigenvalue weighted by molar-refractivity contribution is 7.90. The molecular weight excluding hydrogens is 436 g/mol. The van der Waals surface area contributed by atoms with Crippen LogP contribution < -0.4 is 0 Å². The number of carbonyl (C=O) groups is 1. The molecule has 4 heterocycles. The maximum Gasteiger partial charge on any atom is 0.285 e. The van der Waals surface area contributed by atoms with Gasteiger partial charge in [-0.1, -0.05) is 36.4 Å². The Bertz CT molecular complexity index is 1440. The molecule has 33 heavy (non-hydrogen) atoms. The summed E-state index contributed by atoms with van der Waals surface area (Å²) in [5.41, 5.74) is 4.15. The van der Waals surface area contributed by atoms with Gasteiger partial charge in [0.1, 0.15) is 10.9 Å². The number of benzene rings is 2. The number of hydrogen-bond donors (Lipinski definition) is 1. The summed E-state index contributed by atoms with van der Waals surface area (Å²) in [6.45, 7) is 1.83. The molecule has 1 fully saturated rings. The van der Waals surface area contributed by atoms with Crippen LogP contribution in [0.1, 0.15) is 30.4 Å². The van der Waals surface area contributed by atoms with Gasteiger partial charge in [0.15, 0.2) is 5.84 Å². The average Bonchev–Trinajstić information content (AvgIpc) is 3.55. The molecule has 0 saturated carbocycles. The Labute approximate surface area is 192 Å². The van der Waals surface area contributed by atoms with Crippen molar-refractivity contribution in [3.63, 3.8) is 0 Å². The number of rotatable bonds is 2. The van der Waals surface area contributed by atoms with E-state index in [1.54, 1.807) is 18.2 Å². The van der Waals surface area contributed by atoms with Crippen molar-refractivity contribution in [2.45, 2.75) is 30.2 Å². The Hall–Kier alpha value is -3.39. The minimum absolute atomic E-state index is 0.0474. The van der Waals surface area contributed by atoms with Crippen LogP contribution >= 0.6 is 0 Å². The number of fused-ring (bicyclic) bond motifs is 2. The van der Waals surface area contributed by atoms with Gasteiger partial charge >= 0.3 is 0 Å². The van der Waals surface area contributed by atoms with Crippen molar-refractivity contribution in [1.82, 2.24) is 14.8 Å². The van der Waals surface area contributed by atoms with Crippen molar-refractivity contribution in [2.75, 3.05) is 19.6 Å². The zero-order chi connectivity index (χ0) is 22.6. The van der Waals surface area contributed by atoms with E-state index in [-0.39, 0.29) is 16.8 Å². The number of aromatic nitrogens is 1. The summed E-state index contributed by atoms with van der Waals surface area (Å²) in [5, 5.41) is 1.20. The molecule has 1 amide bonds. The van der Waals surface area contributed by atoms with Crippen molar-refractivity contribution in [3.8, 4) is 0 Å². The van der Waals surface area contributed by atoms with E-state index in [4.69, 9.17) is 0 Å². The Morgan fingerprint density at radius 1 is 1.03 bits per heavy atom. The molecule has 1 aromatic heterocycles. The molecule has 0 bridgehead atoms. The van der Waals surface area contributed by atoms with E-state index in [0.717, 1.165) is 18.4 Å².